The molecule has 1 heterocycles. The zero-order valence-electron chi connectivity index (χ0n) is 21.8. The van der Waals surface area contributed by atoms with E-state index in [1.54, 1.807) is 11.8 Å². The van der Waals surface area contributed by atoms with Crippen LogP contribution in [0.25, 0.3) is 0 Å². The second kappa shape index (κ2) is 8.92. The molecule has 0 spiro atoms. The van der Waals surface area contributed by atoms with Gasteiger partial charge >= 0.3 is 0 Å². The molecule has 4 fully saturated rings. The Morgan fingerprint density at radius 2 is 1.97 bits per heavy atom. The Hall–Kier alpha value is -1.40. The van der Waals surface area contributed by atoms with Crippen molar-refractivity contribution in [3.63, 3.8) is 0 Å². The first kappa shape index (κ1) is 24.3. The quantitative estimate of drug-likeness (QED) is 0.663. The van der Waals surface area contributed by atoms with E-state index in [0.717, 1.165) is 48.6 Å². The van der Waals surface area contributed by atoms with E-state index in [2.05, 4.69) is 24.3 Å². The van der Waals surface area contributed by atoms with Crippen molar-refractivity contribution >= 4 is 5.91 Å². The van der Waals surface area contributed by atoms with E-state index in [1.165, 1.54) is 38.5 Å². The van der Waals surface area contributed by atoms with Gasteiger partial charge in [0.15, 0.2) is 0 Å². The molecule has 4 saturated carbocycles. The van der Waals surface area contributed by atoms with Crippen LogP contribution < -0.4 is 5.32 Å². The second-order valence-corrected chi connectivity index (χ2v) is 12.6. The summed E-state index contributed by atoms with van der Waals surface area (Å²) in [7, 11) is 3.55. The van der Waals surface area contributed by atoms with Crippen LogP contribution in [0.3, 0.4) is 0 Å². The van der Waals surface area contributed by atoms with E-state index in [9.17, 15) is 9.90 Å². The third-order valence-corrected chi connectivity index (χ3v) is 10.8. The van der Waals surface area contributed by atoms with Crippen molar-refractivity contribution in [2.45, 2.75) is 90.2 Å². The summed E-state index contributed by atoms with van der Waals surface area (Å²) in [5.41, 5.74) is 1.24. The number of hydrogen-bond acceptors (Lipinski definition) is 4. The number of nitrogens with zero attached hydrogens (tertiary/aromatic N) is 2. The minimum Gasteiger partial charge on any atom is -0.387 e. The monoisotopic (exact) mass is 471 g/mol. The van der Waals surface area contributed by atoms with Gasteiger partial charge in [-0.15, -0.1) is 0 Å². The Bertz CT molecular complexity index is 915. The van der Waals surface area contributed by atoms with Crippen molar-refractivity contribution in [3.05, 3.63) is 17.5 Å². The van der Waals surface area contributed by atoms with Gasteiger partial charge < -0.3 is 15.2 Å². The summed E-state index contributed by atoms with van der Waals surface area (Å²) >= 11 is 0. The maximum absolute atomic E-state index is 13.0. The molecule has 9 atom stereocenters. The minimum atomic E-state index is -0.607. The van der Waals surface area contributed by atoms with Crippen LogP contribution in [0.5, 0.6) is 0 Å². The van der Waals surface area contributed by atoms with Crippen LogP contribution in [0.15, 0.2) is 6.07 Å². The van der Waals surface area contributed by atoms with Crippen molar-refractivity contribution in [1.29, 1.82) is 0 Å². The van der Waals surface area contributed by atoms with E-state index in [4.69, 9.17) is 4.74 Å². The van der Waals surface area contributed by atoms with Gasteiger partial charge in [0, 0.05) is 20.2 Å². The number of nitrogens with one attached hydrogen (secondary N) is 1. The number of methoxy groups -OCH3 is 1. The van der Waals surface area contributed by atoms with Crippen LogP contribution >= 0.6 is 0 Å². The average molecular weight is 472 g/mol. The molecule has 0 unspecified atom stereocenters. The number of carbonyl (C=O) groups is 1. The first-order chi connectivity index (χ1) is 16.1. The highest BCUT2D eigenvalue weighted by Crippen LogP contribution is 2.65. The number of fused-ring (bicyclic) bond motifs is 5. The summed E-state index contributed by atoms with van der Waals surface area (Å²) in [5, 5.41) is 18.7. The normalized spacial score (nSPS) is 42.4. The topological polar surface area (TPSA) is 76.4 Å². The number of rotatable bonds is 5. The van der Waals surface area contributed by atoms with E-state index < -0.39 is 5.60 Å². The number of aryl methyl sites for hydroxylation is 2. The highest BCUT2D eigenvalue weighted by Gasteiger charge is 2.58. The molecule has 1 aromatic rings. The van der Waals surface area contributed by atoms with Crippen molar-refractivity contribution < 1.29 is 14.6 Å². The van der Waals surface area contributed by atoms with Crippen molar-refractivity contribution in [2.75, 3.05) is 13.7 Å². The van der Waals surface area contributed by atoms with Crippen LogP contribution in [0.1, 0.15) is 87.8 Å². The molecule has 190 valence electrons. The van der Waals surface area contributed by atoms with Crippen molar-refractivity contribution in [1.82, 2.24) is 15.1 Å². The SMILES string of the molecule is COC[C@@]1(O)CC[C@H]2[C@H](CC[C@@H]3[C@@H]2CC[C@]2(C)[C@@H]([C@H](C)NC(=O)c4cc(C)nn4C)CC[C@@H]32)C1. The van der Waals surface area contributed by atoms with E-state index >= 15 is 0 Å². The first-order valence-corrected chi connectivity index (χ1v) is 13.7. The fraction of sp³-hybridized carbons (Fsp3) is 0.857. The Kier molecular flexibility index (Phi) is 6.37. The standard InChI is InChI=1S/C28H45N3O3/c1-17-14-25(31(4)30-17)26(32)29-18(2)23-8-9-24-22-7-6-19-15-28(33,16-34-5)13-11-20(19)21(22)10-12-27(23,24)3/h14,18-24,33H,6-13,15-16H2,1-5H3,(H,29,32)/t18-,19+,20-,21+,22+,23+,24-,27+,28+/m0/s1. The largest absolute Gasteiger partial charge is 0.387 e. The van der Waals surface area contributed by atoms with Gasteiger partial charge in [0.05, 0.1) is 17.9 Å². The van der Waals surface area contributed by atoms with Crippen LogP contribution in [-0.4, -0.2) is 46.2 Å². The molecule has 6 heteroatoms. The van der Waals surface area contributed by atoms with Gasteiger partial charge in [-0.2, -0.15) is 5.10 Å². The highest BCUT2D eigenvalue weighted by atomic mass is 16.5. The highest BCUT2D eigenvalue weighted by molar-refractivity contribution is 5.92. The summed E-state index contributed by atoms with van der Waals surface area (Å²) in [6.45, 7) is 7.17. The van der Waals surface area contributed by atoms with Gasteiger partial charge in [0.1, 0.15) is 5.69 Å². The van der Waals surface area contributed by atoms with Crippen LogP contribution in [0, 0.1) is 47.8 Å². The zero-order valence-corrected chi connectivity index (χ0v) is 21.8. The number of aliphatic hydroxyl groups is 1. The number of carbonyl (C=O) groups excluding carboxylic acids is 1. The first-order valence-electron chi connectivity index (χ1n) is 13.7. The molecular formula is C28H45N3O3. The molecule has 1 aromatic heterocycles. The predicted octanol–water partition coefficient (Wildman–Crippen LogP) is 4.49. The fourth-order valence-corrected chi connectivity index (χ4v) is 9.43. The molecule has 34 heavy (non-hydrogen) atoms. The number of aromatic nitrogens is 2. The summed E-state index contributed by atoms with van der Waals surface area (Å²) in [4.78, 5) is 13.0. The zero-order chi connectivity index (χ0) is 24.3. The van der Waals surface area contributed by atoms with Crippen LogP contribution in [0.4, 0.5) is 0 Å². The molecule has 0 bridgehead atoms. The molecule has 2 N–H and O–H groups in total. The lowest BCUT2D eigenvalue weighted by molar-refractivity contribution is -0.125. The molecule has 0 radical (unpaired) electrons. The molecule has 6 nitrogen and oxygen atoms in total. The summed E-state index contributed by atoms with van der Waals surface area (Å²) in [6, 6.07) is 2.05. The van der Waals surface area contributed by atoms with Gasteiger partial charge in [-0.1, -0.05) is 6.92 Å². The van der Waals surface area contributed by atoms with Gasteiger partial charge in [0.25, 0.3) is 5.91 Å². The van der Waals surface area contributed by atoms with Gasteiger partial charge in [-0.3, -0.25) is 9.48 Å². The second-order valence-electron chi connectivity index (χ2n) is 12.6. The Morgan fingerprint density at radius 1 is 1.21 bits per heavy atom. The maximum Gasteiger partial charge on any atom is 0.269 e. The number of amides is 1. The lowest BCUT2D eigenvalue weighted by atomic mass is 9.48. The Balaban J connectivity index is 1.26. The van der Waals surface area contributed by atoms with Gasteiger partial charge in [-0.05, 0) is 119 Å². The molecule has 4 aliphatic rings. The van der Waals surface area contributed by atoms with E-state index in [0.29, 0.717) is 29.6 Å². The molecule has 5 rings (SSSR count). The van der Waals surface area contributed by atoms with Gasteiger partial charge in [0.2, 0.25) is 0 Å². The van der Waals surface area contributed by atoms with Crippen molar-refractivity contribution in [2.24, 2.45) is 48.0 Å². The number of hydrogen-bond donors (Lipinski definition) is 2. The van der Waals surface area contributed by atoms with Crippen molar-refractivity contribution in [3.8, 4) is 0 Å². The molecular weight excluding hydrogens is 426 g/mol. The predicted molar refractivity (Wildman–Crippen MR) is 132 cm³/mol. The third kappa shape index (κ3) is 4.03. The molecule has 0 aromatic carbocycles. The van der Waals surface area contributed by atoms with Crippen LogP contribution in [0.2, 0.25) is 0 Å². The number of ether oxygens (including phenoxy) is 1. The average Bonchev–Trinajstić information content (AvgIpc) is 3.31. The molecule has 1 amide bonds. The molecule has 4 aliphatic carbocycles. The maximum atomic E-state index is 13.0. The summed E-state index contributed by atoms with van der Waals surface area (Å²) in [5.74, 6) is 4.40. The Morgan fingerprint density at radius 3 is 2.68 bits per heavy atom. The third-order valence-electron chi connectivity index (χ3n) is 10.8. The summed E-state index contributed by atoms with van der Waals surface area (Å²) in [6.07, 6.45) is 10.7. The minimum absolute atomic E-state index is 0.00240. The fourth-order valence-electron chi connectivity index (χ4n) is 9.43. The lowest BCUT2D eigenvalue weighted by Gasteiger charge is -2.57. The van der Waals surface area contributed by atoms with E-state index in [1.807, 2.05) is 20.0 Å². The lowest BCUT2D eigenvalue weighted by Crippen LogP contribution is -2.53. The van der Waals surface area contributed by atoms with Crippen LogP contribution in [-0.2, 0) is 11.8 Å². The molecule has 0 aliphatic heterocycles. The smallest absolute Gasteiger partial charge is 0.269 e. The summed E-state index contributed by atoms with van der Waals surface area (Å²) < 4.78 is 7.05. The van der Waals surface area contributed by atoms with Gasteiger partial charge in [-0.25, -0.2) is 0 Å². The Labute approximate surface area is 205 Å². The molecule has 0 saturated heterocycles. The van der Waals surface area contributed by atoms with E-state index in [-0.39, 0.29) is 11.9 Å².